The number of rotatable bonds is 3. The van der Waals surface area contributed by atoms with E-state index in [0.29, 0.717) is 5.03 Å². The lowest BCUT2D eigenvalue weighted by Gasteiger charge is -2.02. The second kappa shape index (κ2) is 4.72. The Morgan fingerprint density at radius 3 is 2.86 bits per heavy atom. The molecule has 1 N–H and O–H groups in total. The molecule has 1 heterocycles. The molecule has 0 saturated heterocycles. The third-order valence-electron chi connectivity index (χ3n) is 1.43. The molecular formula is C9H8ClFN2O. The van der Waals surface area contributed by atoms with Crippen LogP contribution in [0.3, 0.4) is 0 Å². The molecule has 0 unspecified atom stereocenters. The van der Waals surface area contributed by atoms with Gasteiger partial charge in [0.25, 0.3) is 5.91 Å². The van der Waals surface area contributed by atoms with Crippen molar-refractivity contribution in [2.75, 3.05) is 6.54 Å². The van der Waals surface area contributed by atoms with Crippen LogP contribution in [0.25, 0.3) is 0 Å². The first-order chi connectivity index (χ1) is 6.59. The summed E-state index contributed by atoms with van der Waals surface area (Å²) in [6.45, 7) is 3.59. The fourth-order valence-electron chi connectivity index (χ4n) is 0.788. The summed E-state index contributed by atoms with van der Waals surface area (Å²) in [6, 6.07) is 2.46. The third-order valence-corrected chi connectivity index (χ3v) is 1.56. The number of nitrogens with one attached hydrogen (secondary N) is 1. The number of carbonyl (C=O) groups is 1. The standard InChI is InChI=1S/C9H8ClFN2O/c1-6(10)4-13-9(14)7-2-3-8(11)12-5-7/h2-3,5H,1,4H2,(H,13,14). The second-order valence-corrected chi connectivity index (χ2v) is 3.10. The highest BCUT2D eigenvalue weighted by Crippen LogP contribution is 1.99. The van der Waals surface area contributed by atoms with Gasteiger partial charge in [-0.2, -0.15) is 4.39 Å². The van der Waals surface area contributed by atoms with Gasteiger partial charge < -0.3 is 5.32 Å². The van der Waals surface area contributed by atoms with E-state index in [1.165, 1.54) is 6.07 Å². The zero-order valence-corrected chi connectivity index (χ0v) is 8.01. The second-order valence-electron chi connectivity index (χ2n) is 2.57. The van der Waals surface area contributed by atoms with E-state index >= 15 is 0 Å². The van der Waals surface area contributed by atoms with Gasteiger partial charge in [0.2, 0.25) is 5.95 Å². The van der Waals surface area contributed by atoms with E-state index in [0.717, 1.165) is 12.3 Å². The van der Waals surface area contributed by atoms with Gasteiger partial charge in [-0.3, -0.25) is 4.79 Å². The van der Waals surface area contributed by atoms with Crippen LogP contribution in [0.4, 0.5) is 4.39 Å². The van der Waals surface area contributed by atoms with Gasteiger partial charge in [-0.15, -0.1) is 0 Å². The maximum absolute atomic E-state index is 12.4. The van der Waals surface area contributed by atoms with Crippen LogP contribution in [0, 0.1) is 5.95 Å². The minimum absolute atomic E-state index is 0.178. The van der Waals surface area contributed by atoms with Crippen molar-refractivity contribution in [1.82, 2.24) is 10.3 Å². The molecule has 0 spiro atoms. The first-order valence-corrected chi connectivity index (χ1v) is 4.20. The summed E-state index contributed by atoms with van der Waals surface area (Å²) in [5.74, 6) is -0.984. The number of carbonyl (C=O) groups excluding carboxylic acids is 1. The van der Waals surface area contributed by atoms with Crippen molar-refractivity contribution >= 4 is 17.5 Å². The van der Waals surface area contributed by atoms with E-state index in [9.17, 15) is 9.18 Å². The Balaban J connectivity index is 2.61. The minimum atomic E-state index is -0.622. The summed E-state index contributed by atoms with van der Waals surface area (Å²) in [6.07, 6.45) is 1.15. The number of nitrogens with zero attached hydrogens (tertiary/aromatic N) is 1. The fraction of sp³-hybridized carbons (Fsp3) is 0.111. The first-order valence-electron chi connectivity index (χ1n) is 3.82. The summed E-state index contributed by atoms with van der Waals surface area (Å²) in [5, 5.41) is 2.81. The topological polar surface area (TPSA) is 42.0 Å². The average molecular weight is 215 g/mol. The van der Waals surface area contributed by atoms with Gasteiger partial charge >= 0.3 is 0 Å². The van der Waals surface area contributed by atoms with Crippen molar-refractivity contribution in [1.29, 1.82) is 0 Å². The summed E-state index contributed by atoms with van der Waals surface area (Å²) < 4.78 is 12.4. The molecule has 0 bridgehead atoms. The van der Waals surface area contributed by atoms with Crippen LogP contribution >= 0.6 is 11.6 Å². The van der Waals surface area contributed by atoms with Gasteiger partial charge in [0.05, 0.1) is 12.1 Å². The predicted octanol–water partition coefficient (Wildman–Crippen LogP) is 1.70. The van der Waals surface area contributed by atoms with Crippen LogP contribution in [0.2, 0.25) is 0 Å². The van der Waals surface area contributed by atoms with Gasteiger partial charge in [0.1, 0.15) is 0 Å². The maximum atomic E-state index is 12.4. The van der Waals surface area contributed by atoms with E-state index in [1.54, 1.807) is 0 Å². The zero-order chi connectivity index (χ0) is 10.6. The Morgan fingerprint density at radius 1 is 1.64 bits per heavy atom. The Morgan fingerprint density at radius 2 is 2.36 bits per heavy atom. The minimum Gasteiger partial charge on any atom is -0.347 e. The Kier molecular flexibility index (Phi) is 3.59. The van der Waals surface area contributed by atoms with Gasteiger partial charge in [0, 0.05) is 11.2 Å². The molecule has 0 aromatic carbocycles. The molecule has 0 saturated carbocycles. The van der Waals surface area contributed by atoms with Crippen LogP contribution in [-0.2, 0) is 0 Å². The van der Waals surface area contributed by atoms with Gasteiger partial charge in [-0.1, -0.05) is 18.2 Å². The number of amides is 1. The molecule has 1 amide bonds. The van der Waals surface area contributed by atoms with E-state index in [2.05, 4.69) is 16.9 Å². The van der Waals surface area contributed by atoms with E-state index in [-0.39, 0.29) is 18.0 Å². The average Bonchev–Trinajstić information content (AvgIpc) is 2.15. The number of hydrogen-bond donors (Lipinski definition) is 1. The highest BCUT2D eigenvalue weighted by atomic mass is 35.5. The van der Waals surface area contributed by atoms with E-state index < -0.39 is 5.95 Å². The molecule has 1 rings (SSSR count). The molecule has 0 aliphatic heterocycles. The molecule has 0 radical (unpaired) electrons. The van der Waals surface area contributed by atoms with Crippen LogP contribution in [0.1, 0.15) is 10.4 Å². The van der Waals surface area contributed by atoms with Crippen LogP contribution in [-0.4, -0.2) is 17.4 Å². The van der Waals surface area contributed by atoms with Crippen molar-refractivity contribution in [3.05, 3.63) is 41.5 Å². The molecule has 74 valence electrons. The lowest BCUT2D eigenvalue weighted by molar-refractivity contribution is 0.0957. The molecule has 0 fully saturated rings. The van der Waals surface area contributed by atoms with Crippen molar-refractivity contribution in [3.63, 3.8) is 0 Å². The van der Waals surface area contributed by atoms with Crippen molar-refractivity contribution in [2.24, 2.45) is 0 Å². The van der Waals surface area contributed by atoms with Crippen LogP contribution < -0.4 is 5.32 Å². The monoisotopic (exact) mass is 214 g/mol. The number of halogens is 2. The molecule has 1 aromatic heterocycles. The summed E-state index contributed by atoms with van der Waals surface area (Å²) >= 11 is 5.45. The molecule has 0 aliphatic carbocycles. The van der Waals surface area contributed by atoms with Crippen molar-refractivity contribution in [3.8, 4) is 0 Å². The van der Waals surface area contributed by atoms with Crippen molar-refractivity contribution in [2.45, 2.75) is 0 Å². The molecule has 14 heavy (non-hydrogen) atoms. The number of pyridine rings is 1. The highest BCUT2D eigenvalue weighted by Gasteiger charge is 2.05. The summed E-state index contributed by atoms with van der Waals surface area (Å²) in [7, 11) is 0. The van der Waals surface area contributed by atoms with Gasteiger partial charge in [-0.05, 0) is 12.1 Å². The Hall–Kier alpha value is -1.42. The fourth-order valence-corrected chi connectivity index (χ4v) is 0.855. The molecule has 5 heteroatoms. The van der Waals surface area contributed by atoms with Gasteiger partial charge in [0.15, 0.2) is 0 Å². The maximum Gasteiger partial charge on any atom is 0.253 e. The Labute approximate surface area is 85.6 Å². The largest absolute Gasteiger partial charge is 0.347 e. The van der Waals surface area contributed by atoms with Crippen LogP contribution in [0.5, 0.6) is 0 Å². The smallest absolute Gasteiger partial charge is 0.253 e. The quantitative estimate of drug-likeness (QED) is 0.779. The summed E-state index contributed by atoms with van der Waals surface area (Å²) in [5.41, 5.74) is 0.282. The Bertz CT molecular complexity index is 350. The van der Waals surface area contributed by atoms with E-state index in [4.69, 9.17) is 11.6 Å². The number of aromatic nitrogens is 1. The van der Waals surface area contributed by atoms with Crippen LogP contribution in [0.15, 0.2) is 29.9 Å². The van der Waals surface area contributed by atoms with Gasteiger partial charge in [-0.25, -0.2) is 4.98 Å². The molecule has 1 aromatic rings. The zero-order valence-electron chi connectivity index (χ0n) is 7.26. The number of hydrogen-bond acceptors (Lipinski definition) is 2. The lowest BCUT2D eigenvalue weighted by Crippen LogP contribution is -2.24. The third kappa shape index (κ3) is 3.14. The highest BCUT2D eigenvalue weighted by molar-refractivity contribution is 6.29. The predicted molar refractivity (Wildman–Crippen MR) is 51.5 cm³/mol. The molecule has 0 aliphatic rings. The van der Waals surface area contributed by atoms with E-state index in [1.807, 2.05) is 0 Å². The molecule has 0 atom stereocenters. The normalized spacial score (nSPS) is 9.57. The lowest BCUT2D eigenvalue weighted by atomic mass is 10.3. The molecule has 3 nitrogen and oxygen atoms in total. The summed E-state index contributed by atoms with van der Waals surface area (Å²) in [4.78, 5) is 14.6. The molecular weight excluding hydrogens is 207 g/mol. The first kappa shape index (κ1) is 10.7. The SMILES string of the molecule is C=C(Cl)CNC(=O)c1ccc(F)nc1. The van der Waals surface area contributed by atoms with Crippen molar-refractivity contribution < 1.29 is 9.18 Å².